The van der Waals surface area contributed by atoms with Crippen LogP contribution in [0.4, 0.5) is 0 Å². The van der Waals surface area contributed by atoms with Gasteiger partial charge in [-0.1, -0.05) is 79.9 Å². The number of benzene rings is 2. The number of carbonyl (C=O) groups excluding carboxylic acids is 2. The highest BCUT2D eigenvalue weighted by atomic mass is 16.2. The Morgan fingerprint density at radius 1 is 1.00 bits per heavy atom. The van der Waals surface area contributed by atoms with E-state index in [2.05, 4.69) is 17.4 Å². The van der Waals surface area contributed by atoms with Gasteiger partial charge in [-0.05, 0) is 37.3 Å². The summed E-state index contributed by atoms with van der Waals surface area (Å²) in [6.45, 7) is 4.48. The zero-order valence-electron chi connectivity index (χ0n) is 17.6. The highest BCUT2D eigenvalue weighted by Gasteiger charge is 2.30. The van der Waals surface area contributed by atoms with Crippen LogP contribution in [0.5, 0.6) is 0 Å². The van der Waals surface area contributed by atoms with Gasteiger partial charge in [0.05, 0.1) is 6.42 Å². The molecular weight excluding hydrogens is 360 g/mol. The monoisotopic (exact) mass is 392 g/mol. The molecule has 1 N–H and O–H groups in total. The minimum absolute atomic E-state index is 0.00908. The number of aryl methyl sites for hydroxylation is 1. The average molecular weight is 393 g/mol. The van der Waals surface area contributed by atoms with E-state index in [-0.39, 0.29) is 17.9 Å². The molecule has 1 saturated carbocycles. The van der Waals surface area contributed by atoms with E-state index < -0.39 is 6.04 Å². The normalized spacial score (nSPS) is 15.1. The second kappa shape index (κ2) is 10.2. The number of hydrogen-bond donors (Lipinski definition) is 1. The molecule has 0 radical (unpaired) electrons. The lowest BCUT2D eigenvalue weighted by Crippen LogP contribution is -2.51. The van der Waals surface area contributed by atoms with Crippen LogP contribution in [-0.2, 0) is 22.6 Å². The largest absolute Gasteiger partial charge is 0.352 e. The molecule has 1 fully saturated rings. The maximum absolute atomic E-state index is 13.3. The number of rotatable bonds is 8. The molecule has 0 aliphatic heterocycles. The van der Waals surface area contributed by atoms with Gasteiger partial charge in [0.2, 0.25) is 11.8 Å². The maximum Gasteiger partial charge on any atom is 0.243 e. The fourth-order valence-electron chi connectivity index (χ4n) is 4.05. The van der Waals surface area contributed by atoms with Gasteiger partial charge in [-0.15, -0.1) is 0 Å². The molecule has 4 heteroatoms. The van der Waals surface area contributed by atoms with Crippen molar-refractivity contribution in [2.24, 2.45) is 0 Å². The van der Waals surface area contributed by atoms with Gasteiger partial charge in [-0.3, -0.25) is 9.59 Å². The zero-order valence-corrected chi connectivity index (χ0v) is 17.6. The van der Waals surface area contributed by atoms with Crippen LogP contribution in [-0.4, -0.2) is 28.8 Å². The Morgan fingerprint density at radius 3 is 2.28 bits per heavy atom. The first-order valence-corrected chi connectivity index (χ1v) is 10.8. The minimum Gasteiger partial charge on any atom is -0.352 e. The van der Waals surface area contributed by atoms with E-state index in [0.717, 1.165) is 24.0 Å². The quantitative estimate of drug-likeness (QED) is 0.724. The summed E-state index contributed by atoms with van der Waals surface area (Å²) >= 11 is 0. The molecule has 2 aromatic carbocycles. The topological polar surface area (TPSA) is 49.4 Å². The first kappa shape index (κ1) is 21.1. The highest BCUT2D eigenvalue weighted by Crippen LogP contribution is 2.20. The summed E-state index contributed by atoms with van der Waals surface area (Å²) in [7, 11) is 0. The molecule has 0 heterocycles. The van der Waals surface area contributed by atoms with E-state index in [4.69, 9.17) is 0 Å². The number of hydrogen-bond acceptors (Lipinski definition) is 2. The number of amides is 2. The van der Waals surface area contributed by atoms with E-state index in [9.17, 15) is 9.59 Å². The molecule has 0 saturated heterocycles. The average Bonchev–Trinajstić information content (AvgIpc) is 3.23. The van der Waals surface area contributed by atoms with Crippen LogP contribution in [0.2, 0.25) is 0 Å². The van der Waals surface area contributed by atoms with Gasteiger partial charge in [0.1, 0.15) is 6.04 Å². The fraction of sp³-hybridized carbons (Fsp3) is 0.440. The van der Waals surface area contributed by atoms with E-state index in [1.54, 1.807) is 4.90 Å². The van der Waals surface area contributed by atoms with Crippen LogP contribution in [0.15, 0.2) is 54.6 Å². The first-order valence-electron chi connectivity index (χ1n) is 10.8. The Balaban J connectivity index is 1.79. The molecule has 1 aliphatic rings. The third-order valence-electron chi connectivity index (χ3n) is 5.76. The van der Waals surface area contributed by atoms with Crippen LogP contribution in [0.25, 0.3) is 0 Å². The summed E-state index contributed by atoms with van der Waals surface area (Å²) in [6.07, 6.45) is 5.32. The van der Waals surface area contributed by atoms with E-state index in [1.807, 2.05) is 56.3 Å². The predicted molar refractivity (Wildman–Crippen MR) is 116 cm³/mol. The molecule has 29 heavy (non-hydrogen) atoms. The van der Waals surface area contributed by atoms with Crippen molar-refractivity contribution in [3.8, 4) is 0 Å². The van der Waals surface area contributed by atoms with Gasteiger partial charge in [0.15, 0.2) is 0 Å². The van der Waals surface area contributed by atoms with Crippen molar-refractivity contribution in [3.63, 3.8) is 0 Å². The van der Waals surface area contributed by atoms with Crippen LogP contribution >= 0.6 is 0 Å². The maximum atomic E-state index is 13.3. The van der Waals surface area contributed by atoms with Gasteiger partial charge in [0, 0.05) is 12.6 Å². The van der Waals surface area contributed by atoms with Crippen molar-refractivity contribution in [3.05, 3.63) is 71.3 Å². The molecule has 1 atom stereocenters. The van der Waals surface area contributed by atoms with E-state index in [0.29, 0.717) is 19.4 Å². The predicted octanol–water partition coefficient (Wildman–Crippen LogP) is 4.40. The molecule has 3 rings (SSSR count). The van der Waals surface area contributed by atoms with Crippen molar-refractivity contribution in [1.82, 2.24) is 10.2 Å². The third-order valence-corrected chi connectivity index (χ3v) is 5.76. The van der Waals surface area contributed by atoms with Crippen molar-refractivity contribution >= 4 is 11.8 Å². The molecule has 154 valence electrons. The zero-order chi connectivity index (χ0) is 20.6. The molecular formula is C25H32N2O2. The molecule has 1 aliphatic carbocycles. The van der Waals surface area contributed by atoms with Gasteiger partial charge in [-0.25, -0.2) is 0 Å². The molecule has 4 nitrogen and oxygen atoms in total. The summed E-state index contributed by atoms with van der Waals surface area (Å²) < 4.78 is 0. The Morgan fingerprint density at radius 2 is 1.66 bits per heavy atom. The molecule has 0 aromatic heterocycles. The lowest BCUT2D eigenvalue weighted by Gasteiger charge is -2.31. The van der Waals surface area contributed by atoms with Crippen molar-refractivity contribution in [2.75, 3.05) is 0 Å². The Kier molecular flexibility index (Phi) is 7.45. The third kappa shape index (κ3) is 5.93. The van der Waals surface area contributed by atoms with Crippen molar-refractivity contribution < 1.29 is 9.59 Å². The molecule has 2 aromatic rings. The number of carbonyl (C=O) groups is 2. The van der Waals surface area contributed by atoms with Gasteiger partial charge in [0.25, 0.3) is 0 Å². The standard InChI is InChI=1S/C25H32N2O2/c1-3-23(25(29)26-22-11-7-8-12-22)27(18-21-15-13-19(2)14-16-21)24(28)17-20-9-5-4-6-10-20/h4-6,9-10,13-16,22-23H,3,7-8,11-12,17-18H2,1-2H3,(H,26,29)/t23-/m1/s1. The Bertz CT molecular complexity index is 795. The summed E-state index contributed by atoms with van der Waals surface area (Å²) in [5, 5.41) is 3.19. The second-order valence-corrected chi connectivity index (χ2v) is 8.08. The second-order valence-electron chi connectivity index (χ2n) is 8.08. The van der Waals surface area contributed by atoms with E-state index >= 15 is 0 Å². The van der Waals surface area contributed by atoms with Crippen molar-refractivity contribution in [2.45, 2.75) is 71.0 Å². The van der Waals surface area contributed by atoms with Crippen LogP contribution in [0.1, 0.15) is 55.7 Å². The number of nitrogens with one attached hydrogen (secondary N) is 1. The summed E-state index contributed by atoms with van der Waals surface area (Å²) in [6, 6.07) is 17.7. The van der Waals surface area contributed by atoms with Gasteiger partial charge < -0.3 is 10.2 Å². The van der Waals surface area contributed by atoms with Crippen LogP contribution < -0.4 is 5.32 Å². The summed E-state index contributed by atoms with van der Waals surface area (Å²) in [4.78, 5) is 28.1. The smallest absolute Gasteiger partial charge is 0.243 e. The minimum atomic E-state index is -0.451. The lowest BCUT2D eigenvalue weighted by molar-refractivity contribution is -0.141. The highest BCUT2D eigenvalue weighted by molar-refractivity contribution is 5.88. The first-order chi connectivity index (χ1) is 14.1. The Labute approximate surface area is 174 Å². The SMILES string of the molecule is CC[C@H](C(=O)NC1CCCC1)N(Cc1ccc(C)cc1)C(=O)Cc1ccccc1. The van der Waals surface area contributed by atoms with Crippen LogP contribution in [0.3, 0.4) is 0 Å². The van der Waals surface area contributed by atoms with Crippen molar-refractivity contribution in [1.29, 1.82) is 0 Å². The summed E-state index contributed by atoms with van der Waals surface area (Å²) in [5.74, 6) is -0.0295. The van der Waals surface area contributed by atoms with Gasteiger partial charge >= 0.3 is 0 Å². The molecule has 0 unspecified atom stereocenters. The lowest BCUT2D eigenvalue weighted by atomic mass is 10.1. The van der Waals surface area contributed by atoms with E-state index in [1.165, 1.54) is 18.4 Å². The van der Waals surface area contributed by atoms with Crippen LogP contribution in [0, 0.1) is 6.92 Å². The Hall–Kier alpha value is -2.62. The molecule has 0 bridgehead atoms. The fourth-order valence-corrected chi connectivity index (χ4v) is 4.05. The molecule has 0 spiro atoms. The van der Waals surface area contributed by atoms with Gasteiger partial charge in [-0.2, -0.15) is 0 Å². The number of nitrogens with zero attached hydrogens (tertiary/aromatic N) is 1. The molecule has 2 amide bonds. The summed E-state index contributed by atoms with van der Waals surface area (Å²) in [5.41, 5.74) is 3.20.